The largest absolute Gasteiger partial charge is 0.309 e. The van der Waals surface area contributed by atoms with Gasteiger partial charge in [-0.25, -0.2) is 0 Å². The highest BCUT2D eigenvalue weighted by Crippen LogP contribution is 2.33. The number of aryl methyl sites for hydroxylation is 2. The van der Waals surface area contributed by atoms with Crippen LogP contribution in [0.15, 0.2) is 30.3 Å². The molecule has 1 atom stereocenters. The summed E-state index contributed by atoms with van der Waals surface area (Å²) >= 11 is 1.94. The Labute approximate surface area is 133 Å². The molecule has 0 aliphatic carbocycles. The Balaban J connectivity index is 2.22. The minimum absolute atomic E-state index is 0.514. The van der Waals surface area contributed by atoms with E-state index >= 15 is 0 Å². The van der Waals surface area contributed by atoms with Gasteiger partial charge < -0.3 is 5.32 Å². The molecule has 1 unspecified atom stereocenters. The number of hydrogen-bond donors (Lipinski definition) is 1. The van der Waals surface area contributed by atoms with Crippen LogP contribution in [-0.2, 0) is 0 Å². The molecule has 0 amide bonds. The zero-order valence-electron chi connectivity index (χ0n) is 13.7. The minimum atomic E-state index is 0.514. The van der Waals surface area contributed by atoms with E-state index < -0.39 is 0 Å². The van der Waals surface area contributed by atoms with Gasteiger partial charge in [0.2, 0.25) is 0 Å². The quantitative estimate of drug-likeness (QED) is 0.674. The van der Waals surface area contributed by atoms with Crippen molar-refractivity contribution in [2.45, 2.75) is 53.0 Å². The van der Waals surface area contributed by atoms with E-state index in [-0.39, 0.29) is 0 Å². The summed E-state index contributed by atoms with van der Waals surface area (Å²) in [4.78, 5) is 2.86. The number of benzene rings is 1. The lowest BCUT2D eigenvalue weighted by molar-refractivity contribution is 0.501. The Morgan fingerprint density at radius 3 is 2.33 bits per heavy atom. The number of rotatable bonds is 7. The van der Waals surface area contributed by atoms with Crippen molar-refractivity contribution in [2.24, 2.45) is 0 Å². The summed E-state index contributed by atoms with van der Waals surface area (Å²) < 4.78 is 0. The summed E-state index contributed by atoms with van der Waals surface area (Å²) in [5.74, 6) is 0. The molecule has 0 aliphatic rings. The van der Waals surface area contributed by atoms with Crippen LogP contribution in [0.2, 0.25) is 0 Å². The first-order chi connectivity index (χ1) is 10.1. The minimum Gasteiger partial charge on any atom is -0.309 e. The highest BCUT2D eigenvalue weighted by atomic mass is 32.1. The second kappa shape index (κ2) is 7.77. The molecule has 1 N–H and O–H groups in total. The van der Waals surface area contributed by atoms with Gasteiger partial charge in [0, 0.05) is 15.8 Å². The maximum absolute atomic E-state index is 3.68. The molecule has 0 saturated carbocycles. The van der Waals surface area contributed by atoms with Gasteiger partial charge in [-0.05, 0) is 50.9 Å². The molecular weight excluding hydrogens is 274 g/mol. The van der Waals surface area contributed by atoms with Crippen LogP contribution in [0, 0.1) is 13.8 Å². The predicted molar refractivity (Wildman–Crippen MR) is 95.2 cm³/mol. The lowest BCUT2D eigenvalue weighted by Gasteiger charge is -2.16. The number of thiophene rings is 1. The van der Waals surface area contributed by atoms with Crippen LogP contribution in [-0.4, -0.2) is 6.54 Å². The van der Waals surface area contributed by atoms with Gasteiger partial charge in [0.15, 0.2) is 0 Å². The fourth-order valence-corrected chi connectivity index (χ4v) is 3.87. The first kappa shape index (κ1) is 16.3. The normalized spacial score (nSPS) is 12.6. The second-order valence-electron chi connectivity index (χ2n) is 5.87. The number of nitrogens with one attached hydrogen (secondary N) is 1. The first-order valence-electron chi connectivity index (χ1n) is 8.05. The molecule has 1 aromatic heterocycles. The maximum Gasteiger partial charge on any atom is 0.0414 e. The lowest BCUT2D eigenvalue weighted by atomic mass is 10.1. The van der Waals surface area contributed by atoms with Gasteiger partial charge in [-0.3, -0.25) is 0 Å². The SMILES string of the molecule is CCCNC(CCC)c1ccc(-c2cc(C)cc(C)c2)s1. The van der Waals surface area contributed by atoms with Crippen molar-refractivity contribution < 1.29 is 0 Å². The molecule has 0 saturated heterocycles. The topological polar surface area (TPSA) is 12.0 Å². The van der Waals surface area contributed by atoms with Crippen molar-refractivity contribution in [2.75, 3.05) is 6.54 Å². The van der Waals surface area contributed by atoms with E-state index in [2.05, 4.69) is 63.3 Å². The monoisotopic (exact) mass is 301 g/mol. The van der Waals surface area contributed by atoms with E-state index in [4.69, 9.17) is 0 Å². The fourth-order valence-electron chi connectivity index (χ4n) is 2.76. The van der Waals surface area contributed by atoms with E-state index in [1.165, 1.54) is 45.7 Å². The van der Waals surface area contributed by atoms with Gasteiger partial charge in [-0.2, -0.15) is 0 Å². The third-order valence-corrected chi connectivity index (χ3v) is 4.94. The molecule has 0 aliphatic heterocycles. The smallest absolute Gasteiger partial charge is 0.0414 e. The van der Waals surface area contributed by atoms with Crippen LogP contribution in [0.5, 0.6) is 0 Å². The molecule has 2 rings (SSSR count). The van der Waals surface area contributed by atoms with Crippen molar-refractivity contribution in [3.63, 3.8) is 0 Å². The standard InChI is InChI=1S/C19H27NS/c1-5-7-17(20-10-6-2)19-9-8-18(21-19)16-12-14(3)11-15(4)13-16/h8-9,11-13,17,20H,5-7,10H2,1-4H3. The summed E-state index contributed by atoms with van der Waals surface area (Å²) in [6.07, 6.45) is 3.63. The van der Waals surface area contributed by atoms with E-state index in [9.17, 15) is 0 Å². The highest BCUT2D eigenvalue weighted by Gasteiger charge is 2.13. The molecular formula is C19H27NS. The van der Waals surface area contributed by atoms with Crippen LogP contribution in [0.1, 0.15) is 55.2 Å². The van der Waals surface area contributed by atoms with Crippen LogP contribution < -0.4 is 5.32 Å². The Morgan fingerprint density at radius 1 is 1.00 bits per heavy atom. The third-order valence-electron chi connectivity index (χ3n) is 3.69. The van der Waals surface area contributed by atoms with Crippen molar-refractivity contribution in [3.05, 3.63) is 46.3 Å². The second-order valence-corrected chi connectivity index (χ2v) is 6.99. The molecule has 0 radical (unpaired) electrons. The Morgan fingerprint density at radius 2 is 1.71 bits per heavy atom. The lowest BCUT2D eigenvalue weighted by Crippen LogP contribution is -2.21. The molecule has 0 fully saturated rings. The zero-order chi connectivity index (χ0) is 15.2. The van der Waals surface area contributed by atoms with Crippen LogP contribution in [0.3, 0.4) is 0 Å². The Bertz CT molecular complexity index is 550. The summed E-state index contributed by atoms with van der Waals surface area (Å²) in [6, 6.07) is 11.9. The van der Waals surface area contributed by atoms with Gasteiger partial charge in [-0.1, -0.05) is 49.6 Å². The number of hydrogen-bond acceptors (Lipinski definition) is 2. The summed E-state index contributed by atoms with van der Waals surface area (Å²) in [6.45, 7) is 9.94. The first-order valence-corrected chi connectivity index (χ1v) is 8.87. The van der Waals surface area contributed by atoms with Gasteiger partial charge in [0.25, 0.3) is 0 Å². The Kier molecular flexibility index (Phi) is 6.01. The van der Waals surface area contributed by atoms with Crippen molar-refractivity contribution in [3.8, 4) is 10.4 Å². The molecule has 1 aromatic carbocycles. The molecule has 114 valence electrons. The van der Waals surface area contributed by atoms with Crippen LogP contribution >= 0.6 is 11.3 Å². The van der Waals surface area contributed by atoms with Crippen LogP contribution in [0.25, 0.3) is 10.4 Å². The molecule has 0 spiro atoms. The summed E-state index contributed by atoms with van der Waals surface area (Å²) in [5, 5.41) is 3.68. The molecule has 2 aromatic rings. The Hall–Kier alpha value is -1.12. The summed E-state index contributed by atoms with van der Waals surface area (Å²) in [5.41, 5.74) is 4.04. The average molecular weight is 301 g/mol. The van der Waals surface area contributed by atoms with Gasteiger partial charge in [-0.15, -0.1) is 11.3 Å². The molecule has 21 heavy (non-hydrogen) atoms. The fraction of sp³-hybridized carbons (Fsp3) is 0.474. The van der Waals surface area contributed by atoms with Gasteiger partial charge in [0.05, 0.1) is 0 Å². The van der Waals surface area contributed by atoms with Crippen molar-refractivity contribution in [1.29, 1.82) is 0 Å². The van der Waals surface area contributed by atoms with E-state index in [1.807, 2.05) is 11.3 Å². The van der Waals surface area contributed by atoms with Crippen LogP contribution in [0.4, 0.5) is 0 Å². The molecule has 0 bridgehead atoms. The van der Waals surface area contributed by atoms with E-state index in [0.717, 1.165) is 6.54 Å². The van der Waals surface area contributed by atoms with Crippen molar-refractivity contribution >= 4 is 11.3 Å². The predicted octanol–water partition coefficient (Wildman–Crippen LogP) is 5.87. The molecule has 1 nitrogen and oxygen atoms in total. The van der Waals surface area contributed by atoms with Crippen molar-refractivity contribution in [1.82, 2.24) is 5.32 Å². The van der Waals surface area contributed by atoms with E-state index in [0.29, 0.717) is 6.04 Å². The zero-order valence-corrected chi connectivity index (χ0v) is 14.5. The molecule has 2 heteroatoms. The average Bonchev–Trinajstić information content (AvgIpc) is 2.92. The summed E-state index contributed by atoms with van der Waals surface area (Å²) in [7, 11) is 0. The maximum atomic E-state index is 3.68. The molecule has 1 heterocycles. The van der Waals surface area contributed by atoms with E-state index in [1.54, 1.807) is 0 Å². The van der Waals surface area contributed by atoms with Gasteiger partial charge >= 0.3 is 0 Å². The third kappa shape index (κ3) is 4.42. The van der Waals surface area contributed by atoms with Gasteiger partial charge in [0.1, 0.15) is 0 Å². The highest BCUT2D eigenvalue weighted by molar-refractivity contribution is 7.15.